The minimum atomic E-state index is -4.47. The molecule has 0 heterocycles. The predicted octanol–water partition coefficient (Wildman–Crippen LogP) is 2.07. The lowest BCUT2D eigenvalue weighted by Crippen LogP contribution is -2.47. The Morgan fingerprint density at radius 1 is 1.47 bits per heavy atom. The molecular weight excluding hydrogens is 239 g/mol. The van der Waals surface area contributed by atoms with Gasteiger partial charge in [0.1, 0.15) is 0 Å². The van der Waals surface area contributed by atoms with E-state index in [1.54, 1.807) is 0 Å². The summed E-state index contributed by atoms with van der Waals surface area (Å²) in [6, 6.07) is -1.39. The number of hydrogen-bond acceptors (Lipinski definition) is 3. The van der Waals surface area contributed by atoms with Crippen LogP contribution in [0.2, 0.25) is 0 Å². The summed E-state index contributed by atoms with van der Waals surface area (Å²) in [7, 11) is 0. The Morgan fingerprint density at radius 2 is 2.06 bits per heavy atom. The minimum absolute atomic E-state index is 0.154. The van der Waals surface area contributed by atoms with Crippen molar-refractivity contribution < 1.29 is 27.8 Å². The second kappa shape index (κ2) is 7.37. The Bertz CT molecular complexity index is 233. The number of hydrogen-bond donors (Lipinski definition) is 2. The number of aliphatic hydroxyl groups is 1. The van der Waals surface area contributed by atoms with E-state index in [2.05, 4.69) is 4.74 Å². The van der Waals surface area contributed by atoms with Crippen LogP contribution in [0.15, 0.2) is 0 Å². The molecule has 0 fully saturated rings. The van der Waals surface area contributed by atoms with Gasteiger partial charge in [-0.15, -0.1) is 0 Å². The zero-order chi connectivity index (χ0) is 13.5. The second-order valence-corrected chi connectivity index (χ2v) is 3.75. The van der Waals surface area contributed by atoms with Crippen molar-refractivity contribution in [3.05, 3.63) is 0 Å². The number of halogens is 3. The second-order valence-electron chi connectivity index (χ2n) is 3.75. The molecule has 17 heavy (non-hydrogen) atoms. The van der Waals surface area contributed by atoms with Gasteiger partial charge < -0.3 is 15.2 Å². The van der Waals surface area contributed by atoms with Crippen molar-refractivity contribution in [2.24, 2.45) is 5.92 Å². The van der Waals surface area contributed by atoms with Crippen molar-refractivity contribution in [2.45, 2.75) is 38.9 Å². The summed E-state index contributed by atoms with van der Waals surface area (Å²) < 4.78 is 41.7. The maximum Gasteiger partial charge on any atom is 0.407 e. The van der Waals surface area contributed by atoms with Gasteiger partial charge in [-0.05, 0) is 6.42 Å². The van der Waals surface area contributed by atoms with Crippen LogP contribution in [0.4, 0.5) is 18.0 Å². The van der Waals surface area contributed by atoms with Crippen LogP contribution < -0.4 is 5.32 Å². The Labute approximate surface area is 98.1 Å². The topological polar surface area (TPSA) is 58.6 Å². The van der Waals surface area contributed by atoms with Crippen LogP contribution in [0.5, 0.6) is 0 Å². The molecule has 2 N–H and O–H groups in total. The standard InChI is InChI=1S/C10H18F3NO3/c1-3-4-5-17-9(16)14-8(6-15)7(2)10(11,12)13/h7-8,15H,3-6H2,1-2H3,(H,14,16)/t7-,8-/m0/s1. The van der Waals surface area contributed by atoms with Crippen molar-refractivity contribution in [1.29, 1.82) is 0 Å². The number of nitrogens with one attached hydrogen (secondary N) is 1. The maximum atomic E-state index is 12.3. The lowest BCUT2D eigenvalue weighted by Gasteiger charge is -2.24. The van der Waals surface area contributed by atoms with Crippen LogP contribution in [-0.4, -0.2) is 36.6 Å². The highest BCUT2D eigenvalue weighted by atomic mass is 19.4. The Morgan fingerprint density at radius 3 is 2.47 bits per heavy atom. The SMILES string of the molecule is CCCCOC(=O)N[C@@H](CO)[C@H](C)C(F)(F)F. The molecule has 0 bridgehead atoms. The summed E-state index contributed by atoms with van der Waals surface area (Å²) in [6.07, 6.45) is -3.94. The van der Waals surface area contributed by atoms with Gasteiger partial charge in [-0.3, -0.25) is 0 Å². The van der Waals surface area contributed by atoms with E-state index in [1.807, 2.05) is 12.2 Å². The summed E-state index contributed by atoms with van der Waals surface area (Å²) in [5.74, 6) is -1.83. The number of alkyl halides is 3. The van der Waals surface area contributed by atoms with E-state index in [0.29, 0.717) is 6.42 Å². The molecule has 0 aliphatic carbocycles. The van der Waals surface area contributed by atoms with E-state index >= 15 is 0 Å². The third-order valence-electron chi connectivity index (χ3n) is 2.35. The maximum absolute atomic E-state index is 12.3. The monoisotopic (exact) mass is 257 g/mol. The third kappa shape index (κ3) is 6.35. The molecule has 0 spiro atoms. The number of carbonyl (C=O) groups is 1. The van der Waals surface area contributed by atoms with Gasteiger partial charge in [0.15, 0.2) is 0 Å². The molecule has 0 aromatic heterocycles. The summed E-state index contributed by atoms with van der Waals surface area (Å²) in [6.45, 7) is 2.15. The molecule has 0 rings (SSSR count). The third-order valence-corrected chi connectivity index (χ3v) is 2.35. The van der Waals surface area contributed by atoms with Crippen LogP contribution in [0.25, 0.3) is 0 Å². The first-order valence-corrected chi connectivity index (χ1v) is 5.43. The predicted molar refractivity (Wildman–Crippen MR) is 55.5 cm³/mol. The molecule has 1 amide bonds. The first-order chi connectivity index (χ1) is 7.82. The molecule has 2 atom stereocenters. The van der Waals surface area contributed by atoms with E-state index in [9.17, 15) is 18.0 Å². The van der Waals surface area contributed by atoms with E-state index in [1.165, 1.54) is 0 Å². The fourth-order valence-corrected chi connectivity index (χ4v) is 1.06. The van der Waals surface area contributed by atoms with Gasteiger partial charge in [-0.1, -0.05) is 20.3 Å². The quantitative estimate of drug-likeness (QED) is 0.716. The summed E-state index contributed by atoms with van der Waals surface area (Å²) in [5, 5.41) is 10.8. The van der Waals surface area contributed by atoms with Crippen molar-refractivity contribution in [2.75, 3.05) is 13.2 Å². The molecule has 4 nitrogen and oxygen atoms in total. The van der Waals surface area contributed by atoms with Crippen molar-refractivity contribution in [1.82, 2.24) is 5.32 Å². The molecule has 0 aliphatic rings. The van der Waals surface area contributed by atoms with E-state index in [0.717, 1.165) is 13.3 Å². The van der Waals surface area contributed by atoms with Gasteiger partial charge in [0.2, 0.25) is 0 Å². The Kier molecular flexibility index (Phi) is 6.94. The van der Waals surface area contributed by atoms with Crippen LogP contribution in [-0.2, 0) is 4.74 Å². The van der Waals surface area contributed by atoms with E-state index in [-0.39, 0.29) is 6.61 Å². The number of aliphatic hydroxyl groups excluding tert-OH is 1. The van der Waals surface area contributed by atoms with Crippen molar-refractivity contribution in [3.8, 4) is 0 Å². The van der Waals surface area contributed by atoms with Gasteiger partial charge in [0.25, 0.3) is 0 Å². The molecule has 0 aromatic carbocycles. The molecule has 0 radical (unpaired) electrons. The highest BCUT2D eigenvalue weighted by Gasteiger charge is 2.41. The fraction of sp³-hybridized carbons (Fsp3) is 0.900. The van der Waals surface area contributed by atoms with Gasteiger partial charge in [0, 0.05) is 0 Å². The van der Waals surface area contributed by atoms with Crippen LogP contribution >= 0.6 is 0 Å². The number of unbranched alkanes of at least 4 members (excludes halogenated alkanes) is 1. The molecule has 0 aliphatic heterocycles. The number of ether oxygens (including phenoxy) is 1. The largest absolute Gasteiger partial charge is 0.450 e. The van der Waals surface area contributed by atoms with Crippen molar-refractivity contribution >= 4 is 6.09 Å². The van der Waals surface area contributed by atoms with Crippen LogP contribution in [0.1, 0.15) is 26.7 Å². The number of alkyl carbamates (subject to hydrolysis) is 1. The number of amides is 1. The summed E-state index contributed by atoms with van der Waals surface area (Å²) in [5.41, 5.74) is 0. The first kappa shape index (κ1) is 16.0. The summed E-state index contributed by atoms with van der Waals surface area (Å²) in [4.78, 5) is 11.1. The Hall–Kier alpha value is -0.980. The molecule has 0 aromatic rings. The smallest absolute Gasteiger partial charge is 0.407 e. The van der Waals surface area contributed by atoms with Crippen molar-refractivity contribution in [3.63, 3.8) is 0 Å². The average molecular weight is 257 g/mol. The normalized spacial score (nSPS) is 15.2. The molecule has 7 heteroatoms. The van der Waals surface area contributed by atoms with E-state index < -0.39 is 30.8 Å². The number of rotatable bonds is 6. The number of carbonyl (C=O) groups excluding carboxylic acids is 1. The highest BCUT2D eigenvalue weighted by molar-refractivity contribution is 5.67. The molecule has 102 valence electrons. The van der Waals surface area contributed by atoms with Gasteiger partial charge in [0.05, 0.1) is 25.2 Å². The molecule has 0 unspecified atom stereocenters. The minimum Gasteiger partial charge on any atom is -0.450 e. The first-order valence-electron chi connectivity index (χ1n) is 5.43. The van der Waals surface area contributed by atoms with Gasteiger partial charge in [-0.25, -0.2) is 4.79 Å². The molecular formula is C10H18F3NO3. The highest BCUT2D eigenvalue weighted by Crippen LogP contribution is 2.28. The van der Waals surface area contributed by atoms with Gasteiger partial charge >= 0.3 is 12.3 Å². The summed E-state index contributed by atoms with van der Waals surface area (Å²) >= 11 is 0. The zero-order valence-electron chi connectivity index (χ0n) is 9.88. The van der Waals surface area contributed by atoms with E-state index in [4.69, 9.17) is 5.11 Å². The molecule has 0 saturated carbocycles. The molecule has 0 saturated heterocycles. The zero-order valence-corrected chi connectivity index (χ0v) is 9.88. The Balaban J connectivity index is 4.17. The average Bonchev–Trinajstić information content (AvgIpc) is 2.24. The van der Waals surface area contributed by atoms with Gasteiger partial charge in [-0.2, -0.15) is 13.2 Å². The lowest BCUT2D eigenvalue weighted by molar-refractivity contribution is -0.179. The fourth-order valence-electron chi connectivity index (χ4n) is 1.06. The van der Waals surface area contributed by atoms with Crippen LogP contribution in [0.3, 0.4) is 0 Å². The lowest BCUT2D eigenvalue weighted by atomic mass is 10.0. The van der Waals surface area contributed by atoms with Crippen LogP contribution in [0, 0.1) is 5.92 Å².